The normalized spacial score (nSPS) is 18.3. The molecule has 1 aliphatic rings. The fraction of sp³-hybridized carbons (Fsp3) is 0.500. The molecule has 2 heteroatoms. The van der Waals surface area contributed by atoms with Gasteiger partial charge in [0.05, 0.1) is 0 Å². The zero-order valence-corrected chi connectivity index (χ0v) is 8.28. The van der Waals surface area contributed by atoms with Gasteiger partial charge in [-0.15, -0.1) is 0 Å². The van der Waals surface area contributed by atoms with Crippen molar-refractivity contribution in [3.8, 4) is 5.75 Å². The number of hydrogen-bond donors (Lipinski definition) is 1. The number of rotatable bonds is 2. The predicted octanol–water partition coefficient (Wildman–Crippen LogP) is 2.36. The van der Waals surface area contributed by atoms with Crippen molar-refractivity contribution in [2.75, 3.05) is 13.2 Å². The summed E-state index contributed by atoms with van der Waals surface area (Å²) < 4.78 is 5.31. The third-order valence-corrected chi connectivity index (χ3v) is 2.84. The minimum absolute atomic E-state index is 0.430. The van der Waals surface area contributed by atoms with Crippen molar-refractivity contribution in [3.05, 3.63) is 29.8 Å². The first kappa shape index (κ1) is 9.53. The standard InChI is InChI=1S/C12H16O2/c13-12-4-2-1-3-11(12)9-10-5-7-14-8-6-10/h1-4,10,13H,5-9H2. The maximum Gasteiger partial charge on any atom is 0.118 e. The van der Waals surface area contributed by atoms with Crippen LogP contribution in [0.15, 0.2) is 24.3 Å². The van der Waals surface area contributed by atoms with Crippen molar-refractivity contribution < 1.29 is 9.84 Å². The predicted molar refractivity (Wildman–Crippen MR) is 55.4 cm³/mol. The summed E-state index contributed by atoms with van der Waals surface area (Å²) in [6, 6.07) is 7.61. The van der Waals surface area contributed by atoms with Crippen LogP contribution >= 0.6 is 0 Å². The zero-order chi connectivity index (χ0) is 9.80. The summed E-state index contributed by atoms with van der Waals surface area (Å²) in [7, 11) is 0. The van der Waals surface area contributed by atoms with Gasteiger partial charge in [0.2, 0.25) is 0 Å². The van der Waals surface area contributed by atoms with Crippen LogP contribution in [0.1, 0.15) is 18.4 Å². The van der Waals surface area contributed by atoms with E-state index in [1.165, 1.54) is 0 Å². The van der Waals surface area contributed by atoms with E-state index >= 15 is 0 Å². The van der Waals surface area contributed by atoms with Crippen molar-refractivity contribution in [2.45, 2.75) is 19.3 Å². The Morgan fingerprint density at radius 3 is 2.64 bits per heavy atom. The topological polar surface area (TPSA) is 29.5 Å². The third-order valence-electron chi connectivity index (χ3n) is 2.84. The monoisotopic (exact) mass is 192 g/mol. The Morgan fingerprint density at radius 1 is 1.21 bits per heavy atom. The number of para-hydroxylation sites is 1. The molecule has 1 saturated heterocycles. The minimum Gasteiger partial charge on any atom is -0.508 e. The summed E-state index contributed by atoms with van der Waals surface area (Å²) in [4.78, 5) is 0. The summed E-state index contributed by atoms with van der Waals surface area (Å²) in [5.74, 6) is 1.11. The van der Waals surface area contributed by atoms with Gasteiger partial charge >= 0.3 is 0 Å². The highest BCUT2D eigenvalue weighted by Crippen LogP contribution is 2.24. The van der Waals surface area contributed by atoms with Gasteiger partial charge in [-0.1, -0.05) is 18.2 Å². The zero-order valence-electron chi connectivity index (χ0n) is 8.28. The summed E-state index contributed by atoms with van der Waals surface area (Å²) in [6.45, 7) is 1.75. The molecule has 0 aliphatic carbocycles. The Labute approximate surface area is 84.5 Å². The molecule has 0 saturated carbocycles. The Bertz CT molecular complexity index is 290. The van der Waals surface area contributed by atoms with Crippen molar-refractivity contribution in [3.63, 3.8) is 0 Å². The van der Waals surface area contributed by atoms with Crippen molar-refractivity contribution >= 4 is 0 Å². The first-order chi connectivity index (χ1) is 6.86. The highest BCUT2D eigenvalue weighted by atomic mass is 16.5. The third kappa shape index (κ3) is 2.26. The molecule has 0 spiro atoms. The number of aromatic hydroxyl groups is 1. The molecular formula is C12H16O2. The van der Waals surface area contributed by atoms with Gasteiger partial charge in [-0.3, -0.25) is 0 Å². The van der Waals surface area contributed by atoms with E-state index in [0.29, 0.717) is 11.7 Å². The number of benzene rings is 1. The van der Waals surface area contributed by atoms with Crippen molar-refractivity contribution in [1.29, 1.82) is 0 Å². The van der Waals surface area contributed by atoms with E-state index in [9.17, 15) is 5.11 Å². The van der Waals surface area contributed by atoms with Crippen LogP contribution in [0.4, 0.5) is 0 Å². The van der Waals surface area contributed by atoms with Gasteiger partial charge in [-0.25, -0.2) is 0 Å². The quantitative estimate of drug-likeness (QED) is 0.779. The summed E-state index contributed by atoms with van der Waals surface area (Å²) in [5.41, 5.74) is 1.07. The Balaban J connectivity index is 1.99. The first-order valence-electron chi connectivity index (χ1n) is 5.21. The average Bonchev–Trinajstić information content (AvgIpc) is 2.23. The number of hydrogen-bond acceptors (Lipinski definition) is 2. The lowest BCUT2D eigenvalue weighted by atomic mass is 9.92. The highest BCUT2D eigenvalue weighted by molar-refractivity contribution is 5.32. The van der Waals surface area contributed by atoms with Gasteiger partial charge in [0.15, 0.2) is 0 Å². The molecule has 1 fully saturated rings. The number of phenols is 1. The van der Waals surface area contributed by atoms with Crippen molar-refractivity contribution in [1.82, 2.24) is 0 Å². The number of ether oxygens (including phenoxy) is 1. The lowest BCUT2D eigenvalue weighted by Crippen LogP contribution is -2.17. The SMILES string of the molecule is Oc1ccccc1CC1CCOCC1. The molecule has 1 aliphatic heterocycles. The molecule has 0 unspecified atom stereocenters. The second-order valence-electron chi connectivity index (χ2n) is 3.89. The highest BCUT2D eigenvalue weighted by Gasteiger charge is 2.15. The fourth-order valence-electron chi connectivity index (χ4n) is 1.94. The van der Waals surface area contributed by atoms with Crippen LogP contribution in [-0.4, -0.2) is 18.3 Å². The molecule has 0 radical (unpaired) electrons. The van der Waals surface area contributed by atoms with Crippen molar-refractivity contribution in [2.24, 2.45) is 5.92 Å². The molecule has 0 aromatic heterocycles. The second-order valence-corrected chi connectivity index (χ2v) is 3.89. The minimum atomic E-state index is 0.430. The molecule has 1 aromatic rings. The van der Waals surface area contributed by atoms with Crippen LogP contribution in [0.5, 0.6) is 5.75 Å². The van der Waals surface area contributed by atoms with E-state index in [2.05, 4.69) is 0 Å². The summed E-state index contributed by atoms with van der Waals surface area (Å²) in [6.07, 6.45) is 3.22. The van der Waals surface area contributed by atoms with Crippen LogP contribution in [0.3, 0.4) is 0 Å². The molecule has 0 bridgehead atoms. The largest absolute Gasteiger partial charge is 0.508 e. The molecule has 14 heavy (non-hydrogen) atoms. The lowest BCUT2D eigenvalue weighted by Gasteiger charge is -2.22. The molecular weight excluding hydrogens is 176 g/mol. The Morgan fingerprint density at radius 2 is 1.93 bits per heavy atom. The van der Waals surface area contributed by atoms with E-state index in [1.807, 2.05) is 18.2 Å². The van der Waals surface area contributed by atoms with Crippen LogP contribution in [-0.2, 0) is 11.2 Å². The van der Waals surface area contributed by atoms with E-state index in [-0.39, 0.29) is 0 Å². The summed E-state index contributed by atoms with van der Waals surface area (Å²) >= 11 is 0. The molecule has 2 nitrogen and oxygen atoms in total. The molecule has 0 atom stereocenters. The van der Waals surface area contributed by atoms with Gasteiger partial charge in [0, 0.05) is 13.2 Å². The second kappa shape index (κ2) is 4.47. The summed E-state index contributed by atoms with van der Waals surface area (Å²) in [5, 5.41) is 9.61. The van der Waals surface area contributed by atoms with Crippen LogP contribution in [0.2, 0.25) is 0 Å². The molecule has 1 N–H and O–H groups in total. The number of phenolic OH excluding ortho intramolecular Hbond substituents is 1. The Kier molecular flexibility index (Phi) is 3.04. The molecule has 76 valence electrons. The maximum atomic E-state index is 9.61. The first-order valence-corrected chi connectivity index (χ1v) is 5.21. The fourth-order valence-corrected chi connectivity index (χ4v) is 1.94. The van der Waals surface area contributed by atoms with Gasteiger partial charge < -0.3 is 9.84 Å². The molecule has 1 heterocycles. The van der Waals surface area contributed by atoms with Crippen LogP contribution in [0.25, 0.3) is 0 Å². The lowest BCUT2D eigenvalue weighted by molar-refractivity contribution is 0.0663. The molecule has 2 rings (SSSR count). The van der Waals surface area contributed by atoms with E-state index in [0.717, 1.165) is 38.0 Å². The van der Waals surface area contributed by atoms with Gasteiger partial charge in [-0.2, -0.15) is 0 Å². The van der Waals surface area contributed by atoms with Crippen LogP contribution in [0, 0.1) is 5.92 Å². The Hall–Kier alpha value is -1.02. The van der Waals surface area contributed by atoms with Gasteiger partial charge in [-0.05, 0) is 36.8 Å². The maximum absolute atomic E-state index is 9.61. The van der Waals surface area contributed by atoms with E-state index in [1.54, 1.807) is 6.07 Å². The average molecular weight is 192 g/mol. The van der Waals surface area contributed by atoms with Gasteiger partial charge in [0.1, 0.15) is 5.75 Å². The van der Waals surface area contributed by atoms with Gasteiger partial charge in [0.25, 0.3) is 0 Å². The molecule has 1 aromatic carbocycles. The smallest absolute Gasteiger partial charge is 0.118 e. The van der Waals surface area contributed by atoms with Crippen LogP contribution < -0.4 is 0 Å². The van der Waals surface area contributed by atoms with E-state index in [4.69, 9.17) is 4.74 Å². The van der Waals surface area contributed by atoms with E-state index < -0.39 is 0 Å². The molecule has 0 amide bonds.